The number of hydrogen-bond acceptors (Lipinski definition) is 2. The van der Waals surface area contributed by atoms with Gasteiger partial charge in [0.05, 0.1) is 0 Å². The molecule has 0 fully saturated rings. The highest BCUT2D eigenvalue weighted by Crippen LogP contribution is 2.49. The van der Waals surface area contributed by atoms with Crippen LogP contribution in [-0.2, 0) is 0 Å². The lowest BCUT2D eigenvalue weighted by molar-refractivity contribution is 0.103. The van der Waals surface area contributed by atoms with E-state index in [9.17, 15) is 4.79 Å². The molecule has 2 heterocycles. The van der Waals surface area contributed by atoms with Crippen molar-refractivity contribution in [2.24, 2.45) is 0 Å². The lowest BCUT2D eigenvalue weighted by Gasteiger charge is -2.02. The Morgan fingerprint density at radius 1 is 0.750 bits per heavy atom. The summed E-state index contributed by atoms with van der Waals surface area (Å²) in [4.78, 5) is 15.8. The summed E-state index contributed by atoms with van der Waals surface area (Å²) in [6.07, 6.45) is 4.41. The fraction of sp³-hybridized carbons (Fsp3) is 0.121. The third-order valence-electron chi connectivity index (χ3n) is 6.39. The molecule has 36 heavy (non-hydrogen) atoms. The molecule has 178 valence electrons. The number of fused-ring (bicyclic) bond motifs is 4. The Hall–Kier alpha value is -3.53. The van der Waals surface area contributed by atoms with Gasteiger partial charge in [-0.15, -0.1) is 11.3 Å². The van der Waals surface area contributed by atoms with Crippen LogP contribution >= 0.6 is 21.8 Å². The van der Waals surface area contributed by atoms with Crippen molar-refractivity contribution in [3.8, 4) is 4.90 Å². The van der Waals surface area contributed by atoms with E-state index in [-0.39, 0.29) is 16.3 Å². The Morgan fingerprint density at radius 3 is 2.17 bits per heavy atom. The normalized spacial score (nSPS) is 11.8. The predicted octanol–water partition coefficient (Wildman–Crippen LogP) is 10.5. The van der Waals surface area contributed by atoms with Crippen LogP contribution in [0.2, 0.25) is 0 Å². The van der Waals surface area contributed by atoms with Gasteiger partial charge in [-0.05, 0) is 62.4 Å². The van der Waals surface area contributed by atoms with Crippen molar-refractivity contribution in [1.29, 1.82) is 0 Å². The van der Waals surface area contributed by atoms with E-state index in [1.54, 1.807) is 11.3 Å². The molecule has 0 spiro atoms. The molecular formula is C33H29OS2+. The van der Waals surface area contributed by atoms with Crippen LogP contribution in [0, 0.1) is 6.92 Å². The maximum atomic E-state index is 13.1. The predicted molar refractivity (Wildman–Crippen MR) is 161 cm³/mol. The van der Waals surface area contributed by atoms with Crippen LogP contribution in [0.15, 0.2) is 97.1 Å². The number of hydrogen-bond donors (Lipinski definition) is 0. The first-order chi connectivity index (χ1) is 17.7. The number of thiophene rings is 2. The zero-order valence-electron chi connectivity index (χ0n) is 21.0. The van der Waals surface area contributed by atoms with E-state index in [4.69, 9.17) is 0 Å². The molecule has 0 saturated carbocycles. The Morgan fingerprint density at radius 2 is 1.42 bits per heavy atom. The van der Waals surface area contributed by atoms with Crippen molar-refractivity contribution in [3.05, 3.63) is 119 Å². The van der Waals surface area contributed by atoms with Crippen LogP contribution in [0.3, 0.4) is 0 Å². The quantitative estimate of drug-likeness (QED) is 0.172. The summed E-state index contributed by atoms with van der Waals surface area (Å²) < 4.78 is 3.87. The molecule has 0 radical (unpaired) electrons. The van der Waals surface area contributed by atoms with Gasteiger partial charge in [0.15, 0.2) is 20.3 Å². The number of benzene rings is 4. The van der Waals surface area contributed by atoms with Gasteiger partial charge in [0.2, 0.25) is 0 Å². The molecule has 0 bridgehead atoms. The topological polar surface area (TPSA) is 17.1 Å². The van der Waals surface area contributed by atoms with Gasteiger partial charge < -0.3 is 0 Å². The summed E-state index contributed by atoms with van der Waals surface area (Å²) in [5.41, 5.74) is 2.83. The first-order valence-corrected chi connectivity index (χ1v) is 14.4. The van der Waals surface area contributed by atoms with Crippen molar-refractivity contribution in [2.75, 3.05) is 0 Å². The largest absolute Gasteiger partial charge is 0.289 e. The second kappa shape index (κ2) is 10.2. The molecule has 1 unspecified atom stereocenters. The van der Waals surface area contributed by atoms with Crippen LogP contribution in [-0.4, -0.2) is 5.78 Å². The molecule has 0 aliphatic carbocycles. The Labute approximate surface area is 219 Å². The van der Waals surface area contributed by atoms with Gasteiger partial charge in [-0.3, -0.25) is 4.79 Å². The molecule has 0 saturated heterocycles. The minimum atomic E-state index is -0.130. The second-order valence-corrected chi connectivity index (χ2v) is 11.5. The fourth-order valence-electron chi connectivity index (χ4n) is 4.74. The van der Waals surface area contributed by atoms with Crippen LogP contribution in [0.1, 0.15) is 47.1 Å². The fourth-order valence-corrected chi connectivity index (χ4v) is 8.33. The molecule has 4 aromatic carbocycles. The van der Waals surface area contributed by atoms with Crippen molar-refractivity contribution in [3.63, 3.8) is 0 Å². The number of rotatable bonds is 4. The maximum absolute atomic E-state index is 13.1. The minimum Gasteiger partial charge on any atom is -0.289 e. The molecule has 6 aromatic rings. The zero-order valence-corrected chi connectivity index (χ0v) is 22.7. The summed E-state index contributed by atoms with van der Waals surface area (Å²) in [5, 5.41) is 3.74. The highest BCUT2D eigenvalue weighted by molar-refractivity contribution is 7.46. The number of aryl methyl sites for hydroxylation is 1. The summed E-state index contributed by atoms with van der Waals surface area (Å²) in [7, 11) is -0.130. The van der Waals surface area contributed by atoms with Crippen molar-refractivity contribution in [1.82, 2.24) is 0 Å². The summed E-state index contributed by atoms with van der Waals surface area (Å²) >= 11 is 1.79. The van der Waals surface area contributed by atoms with Gasteiger partial charge in [-0.2, -0.15) is 0 Å². The van der Waals surface area contributed by atoms with Crippen LogP contribution in [0.25, 0.3) is 41.2 Å². The lowest BCUT2D eigenvalue weighted by Crippen LogP contribution is -2.00. The summed E-state index contributed by atoms with van der Waals surface area (Å²) in [6.45, 7) is 8.33. The van der Waals surface area contributed by atoms with Crippen LogP contribution in [0.4, 0.5) is 0 Å². The molecule has 2 aromatic heterocycles. The van der Waals surface area contributed by atoms with Crippen LogP contribution in [0.5, 0.6) is 0 Å². The van der Waals surface area contributed by atoms with E-state index in [1.807, 2.05) is 50.2 Å². The van der Waals surface area contributed by atoms with Crippen LogP contribution < -0.4 is 0 Å². The SMILES string of the molecule is C/C=C\c1c(C)c2ccccc2[s+]1-c1ccc2sc3ccc(C(=O)c4ccccc4)cc3c2c1.CC. The maximum Gasteiger partial charge on any atom is 0.193 e. The minimum absolute atomic E-state index is 0.0681. The van der Waals surface area contributed by atoms with Gasteiger partial charge in [0.25, 0.3) is 0 Å². The van der Waals surface area contributed by atoms with Gasteiger partial charge in [-0.25, -0.2) is 0 Å². The van der Waals surface area contributed by atoms with Gasteiger partial charge in [0, 0.05) is 58.8 Å². The first kappa shape index (κ1) is 24.2. The highest BCUT2D eigenvalue weighted by atomic mass is 32.2. The smallest absolute Gasteiger partial charge is 0.193 e. The van der Waals surface area contributed by atoms with E-state index in [0.717, 1.165) is 16.5 Å². The lowest BCUT2D eigenvalue weighted by atomic mass is 10.0. The van der Waals surface area contributed by atoms with E-state index in [2.05, 4.69) is 80.6 Å². The van der Waals surface area contributed by atoms with E-state index in [0.29, 0.717) is 0 Å². The zero-order chi connectivity index (χ0) is 25.2. The number of carbonyl (C=O) groups excluding carboxylic acids is 1. The molecule has 0 aliphatic rings. The third-order valence-corrected chi connectivity index (χ3v) is 9.95. The van der Waals surface area contributed by atoms with E-state index < -0.39 is 0 Å². The number of ketones is 1. The molecule has 0 N–H and O–H groups in total. The monoisotopic (exact) mass is 505 g/mol. The molecule has 1 atom stereocenters. The van der Waals surface area contributed by atoms with Crippen molar-refractivity contribution < 1.29 is 4.79 Å². The number of allylic oxidation sites excluding steroid dienone is 1. The van der Waals surface area contributed by atoms with Gasteiger partial charge >= 0.3 is 0 Å². The molecule has 3 heteroatoms. The van der Waals surface area contributed by atoms with Crippen molar-refractivity contribution in [2.45, 2.75) is 27.7 Å². The van der Waals surface area contributed by atoms with Gasteiger partial charge in [-0.1, -0.05) is 62.4 Å². The molecular weight excluding hydrogens is 476 g/mol. The molecule has 0 amide bonds. The highest BCUT2D eigenvalue weighted by Gasteiger charge is 2.26. The third kappa shape index (κ3) is 4.09. The van der Waals surface area contributed by atoms with E-state index >= 15 is 0 Å². The van der Waals surface area contributed by atoms with E-state index in [1.165, 1.54) is 40.2 Å². The summed E-state index contributed by atoms with van der Waals surface area (Å²) in [5.74, 6) is 0.0681. The number of carbonyl (C=O) groups is 1. The second-order valence-electron chi connectivity index (χ2n) is 8.46. The Balaban J connectivity index is 0.00000130. The van der Waals surface area contributed by atoms with Gasteiger partial charge in [0.1, 0.15) is 0 Å². The van der Waals surface area contributed by atoms with Crippen molar-refractivity contribution >= 4 is 63.9 Å². The Kier molecular flexibility index (Phi) is 6.86. The Bertz CT molecular complexity index is 1730. The summed E-state index contributed by atoms with van der Waals surface area (Å²) in [6, 6.07) is 31.3. The average molecular weight is 506 g/mol. The standard InChI is InChI=1S/C31H23OS2.C2H6/c1-3-9-29-20(2)24-12-7-8-13-30(24)34(29)23-15-17-28-26(19-23)25-18-22(14-16-27(25)33-28)31(32)21-10-5-4-6-11-21;1-2/h3-19H,1-2H3;1-2H3/q+1;/b9-3-;. The first-order valence-electron chi connectivity index (χ1n) is 12.4. The average Bonchev–Trinajstić information content (AvgIpc) is 3.44. The molecule has 1 nitrogen and oxygen atoms in total. The molecule has 6 rings (SSSR count). The molecule has 0 aliphatic heterocycles.